The van der Waals surface area contributed by atoms with Crippen LogP contribution in [0.2, 0.25) is 4.34 Å². The molecule has 0 saturated heterocycles. The smallest absolute Gasteiger partial charge is 0.0931 e. The van der Waals surface area contributed by atoms with E-state index in [1.165, 1.54) is 16.1 Å². The van der Waals surface area contributed by atoms with E-state index >= 15 is 0 Å². The van der Waals surface area contributed by atoms with E-state index < -0.39 is 0 Å². The molecule has 1 aromatic heterocycles. The Morgan fingerprint density at radius 2 is 2.11 bits per heavy atom. The standard InChI is InChI=1S/C15H19ClN2S/c1-12-4-3-5-13(10-12)18(2)9-8-17-11-14-6-7-15(16)19-14/h3-7,10,17H,8-9,11H2,1-2H3. The fourth-order valence-corrected chi connectivity index (χ4v) is 2.96. The molecule has 19 heavy (non-hydrogen) atoms. The Bertz CT molecular complexity index is 524. The maximum atomic E-state index is 5.90. The van der Waals surface area contributed by atoms with Crippen molar-refractivity contribution in [1.29, 1.82) is 0 Å². The molecule has 1 aromatic carbocycles. The first-order valence-electron chi connectivity index (χ1n) is 6.38. The van der Waals surface area contributed by atoms with Crippen LogP contribution in [0.25, 0.3) is 0 Å². The predicted octanol–water partition coefficient (Wildman–Crippen LogP) is 3.94. The van der Waals surface area contributed by atoms with Crippen molar-refractivity contribution in [3.63, 3.8) is 0 Å². The molecule has 0 saturated carbocycles. The number of thiophene rings is 1. The number of rotatable bonds is 6. The number of likely N-dealkylation sites (N-methyl/N-ethyl adjacent to an activating group) is 1. The third-order valence-corrected chi connectivity index (χ3v) is 4.23. The third kappa shape index (κ3) is 4.53. The van der Waals surface area contributed by atoms with Crippen LogP contribution in [-0.4, -0.2) is 20.1 Å². The Kier molecular flexibility index (Phi) is 5.25. The lowest BCUT2D eigenvalue weighted by Crippen LogP contribution is -2.28. The Balaban J connectivity index is 1.73. The van der Waals surface area contributed by atoms with Gasteiger partial charge in [-0.15, -0.1) is 11.3 Å². The van der Waals surface area contributed by atoms with Gasteiger partial charge in [-0.2, -0.15) is 0 Å². The molecule has 0 radical (unpaired) electrons. The number of nitrogens with zero attached hydrogens (tertiary/aromatic N) is 1. The number of halogens is 1. The molecule has 2 nitrogen and oxygen atoms in total. The van der Waals surface area contributed by atoms with Gasteiger partial charge in [0.25, 0.3) is 0 Å². The van der Waals surface area contributed by atoms with Crippen molar-refractivity contribution in [2.24, 2.45) is 0 Å². The number of anilines is 1. The van der Waals surface area contributed by atoms with E-state index in [2.05, 4.69) is 54.5 Å². The van der Waals surface area contributed by atoms with E-state index in [1.807, 2.05) is 6.07 Å². The maximum Gasteiger partial charge on any atom is 0.0931 e. The molecule has 0 aliphatic heterocycles. The molecule has 0 amide bonds. The summed E-state index contributed by atoms with van der Waals surface area (Å²) in [4.78, 5) is 3.55. The summed E-state index contributed by atoms with van der Waals surface area (Å²) in [5.41, 5.74) is 2.56. The first kappa shape index (κ1) is 14.4. The maximum absolute atomic E-state index is 5.90. The summed E-state index contributed by atoms with van der Waals surface area (Å²) in [7, 11) is 2.12. The van der Waals surface area contributed by atoms with Gasteiger partial charge in [0.05, 0.1) is 4.34 Å². The van der Waals surface area contributed by atoms with Crippen LogP contribution in [0.5, 0.6) is 0 Å². The molecule has 0 unspecified atom stereocenters. The van der Waals surface area contributed by atoms with Crippen LogP contribution in [0, 0.1) is 6.92 Å². The highest BCUT2D eigenvalue weighted by Crippen LogP contribution is 2.21. The summed E-state index contributed by atoms with van der Waals surface area (Å²) in [5.74, 6) is 0. The van der Waals surface area contributed by atoms with Gasteiger partial charge < -0.3 is 10.2 Å². The minimum absolute atomic E-state index is 0.855. The van der Waals surface area contributed by atoms with E-state index in [9.17, 15) is 0 Å². The second kappa shape index (κ2) is 6.94. The molecule has 0 fully saturated rings. The lowest BCUT2D eigenvalue weighted by molar-refractivity contribution is 0.685. The highest BCUT2D eigenvalue weighted by Gasteiger charge is 2.01. The van der Waals surface area contributed by atoms with Crippen LogP contribution in [-0.2, 0) is 6.54 Å². The fourth-order valence-electron chi connectivity index (χ4n) is 1.90. The summed E-state index contributed by atoms with van der Waals surface area (Å²) in [5, 5.41) is 3.44. The SMILES string of the molecule is Cc1cccc(N(C)CCNCc2ccc(Cl)s2)c1. The lowest BCUT2D eigenvalue weighted by atomic mass is 10.2. The zero-order chi connectivity index (χ0) is 13.7. The van der Waals surface area contributed by atoms with E-state index in [4.69, 9.17) is 11.6 Å². The van der Waals surface area contributed by atoms with Gasteiger partial charge in [-0.25, -0.2) is 0 Å². The monoisotopic (exact) mass is 294 g/mol. The van der Waals surface area contributed by atoms with Crippen molar-refractivity contribution in [3.8, 4) is 0 Å². The van der Waals surface area contributed by atoms with Crippen LogP contribution in [0.3, 0.4) is 0 Å². The molecule has 0 aliphatic carbocycles. The highest BCUT2D eigenvalue weighted by atomic mass is 35.5. The molecule has 102 valence electrons. The molecule has 4 heteroatoms. The van der Waals surface area contributed by atoms with Crippen molar-refractivity contribution < 1.29 is 0 Å². The molecular weight excluding hydrogens is 276 g/mol. The summed E-state index contributed by atoms with van der Waals surface area (Å²) < 4.78 is 0.855. The van der Waals surface area contributed by atoms with Gasteiger partial charge >= 0.3 is 0 Å². The minimum Gasteiger partial charge on any atom is -0.373 e. The summed E-state index contributed by atoms with van der Waals surface area (Å²) in [6, 6.07) is 12.6. The summed E-state index contributed by atoms with van der Waals surface area (Å²) in [6.07, 6.45) is 0. The van der Waals surface area contributed by atoms with Crippen molar-refractivity contribution >= 4 is 28.6 Å². The molecule has 0 spiro atoms. The van der Waals surface area contributed by atoms with Crippen molar-refractivity contribution in [1.82, 2.24) is 5.32 Å². The molecule has 0 bridgehead atoms. The Labute approximate surface area is 124 Å². The Hall–Kier alpha value is -1.03. The first-order chi connectivity index (χ1) is 9.15. The minimum atomic E-state index is 0.855. The van der Waals surface area contributed by atoms with Gasteiger partial charge in [0, 0.05) is 37.2 Å². The van der Waals surface area contributed by atoms with Gasteiger partial charge in [0.1, 0.15) is 0 Å². The first-order valence-corrected chi connectivity index (χ1v) is 7.57. The second-order valence-electron chi connectivity index (χ2n) is 4.64. The highest BCUT2D eigenvalue weighted by molar-refractivity contribution is 7.16. The molecule has 2 rings (SSSR count). The lowest BCUT2D eigenvalue weighted by Gasteiger charge is -2.19. The quantitative estimate of drug-likeness (QED) is 0.812. The van der Waals surface area contributed by atoms with E-state index in [0.29, 0.717) is 0 Å². The largest absolute Gasteiger partial charge is 0.373 e. The zero-order valence-electron chi connectivity index (χ0n) is 11.3. The van der Waals surface area contributed by atoms with Crippen molar-refractivity contribution in [3.05, 3.63) is 51.2 Å². The number of benzene rings is 1. The second-order valence-corrected chi connectivity index (χ2v) is 6.44. The summed E-state index contributed by atoms with van der Waals surface area (Å²) in [6.45, 7) is 4.96. The average Bonchev–Trinajstić information content (AvgIpc) is 2.80. The number of hydrogen-bond donors (Lipinski definition) is 1. The molecule has 0 aliphatic rings. The predicted molar refractivity (Wildman–Crippen MR) is 85.5 cm³/mol. The van der Waals surface area contributed by atoms with Crippen LogP contribution in [0.4, 0.5) is 5.69 Å². The Morgan fingerprint density at radius 3 is 2.79 bits per heavy atom. The van der Waals surface area contributed by atoms with E-state index in [1.54, 1.807) is 11.3 Å². The van der Waals surface area contributed by atoms with Crippen LogP contribution in [0.15, 0.2) is 36.4 Å². The number of nitrogens with one attached hydrogen (secondary N) is 1. The third-order valence-electron chi connectivity index (χ3n) is 2.99. The van der Waals surface area contributed by atoms with E-state index in [-0.39, 0.29) is 0 Å². The molecule has 0 atom stereocenters. The van der Waals surface area contributed by atoms with Gasteiger partial charge in [-0.05, 0) is 36.8 Å². The molecule has 1 heterocycles. The fraction of sp³-hybridized carbons (Fsp3) is 0.333. The van der Waals surface area contributed by atoms with Crippen LogP contribution < -0.4 is 10.2 Å². The van der Waals surface area contributed by atoms with E-state index in [0.717, 1.165) is 24.0 Å². The van der Waals surface area contributed by atoms with Gasteiger partial charge in [0.15, 0.2) is 0 Å². The van der Waals surface area contributed by atoms with Crippen molar-refractivity contribution in [2.45, 2.75) is 13.5 Å². The molecule has 1 N–H and O–H groups in total. The van der Waals surface area contributed by atoms with Crippen LogP contribution in [0.1, 0.15) is 10.4 Å². The number of hydrogen-bond acceptors (Lipinski definition) is 3. The average molecular weight is 295 g/mol. The molecular formula is C15H19ClN2S. The Morgan fingerprint density at radius 1 is 1.26 bits per heavy atom. The van der Waals surface area contributed by atoms with Gasteiger partial charge in [-0.1, -0.05) is 23.7 Å². The van der Waals surface area contributed by atoms with Gasteiger partial charge in [0.2, 0.25) is 0 Å². The topological polar surface area (TPSA) is 15.3 Å². The zero-order valence-corrected chi connectivity index (χ0v) is 12.9. The van der Waals surface area contributed by atoms with Crippen molar-refractivity contribution in [2.75, 3.05) is 25.0 Å². The van der Waals surface area contributed by atoms with Gasteiger partial charge in [-0.3, -0.25) is 0 Å². The van der Waals surface area contributed by atoms with Crippen LogP contribution >= 0.6 is 22.9 Å². The summed E-state index contributed by atoms with van der Waals surface area (Å²) >= 11 is 7.54. The number of aryl methyl sites for hydroxylation is 1. The normalized spacial score (nSPS) is 10.7. The molecule has 2 aromatic rings.